The molecule has 2 aromatic rings. The molecule has 0 saturated carbocycles. The molecule has 5 nitrogen and oxygen atoms in total. The van der Waals surface area contributed by atoms with Gasteiger partial charge in [0.2, 0.25) is 15.9 Å². The van der Waals surface area contributed by atoms with Crippen LogP contribution >= 0.6 is 11.8 Å². The summed E-state index contributed by atoms with van der Waals surface area (Å²) >= 11 is 1.37. The Hall–Kier alpha value is -1.90. The molecule has 8 heteroatoms. The number of anilines is 1. The number of carbonyl (C=O) groups excluding carboxylic acids is 1. The van der Waals surface area contributed by atoms with Gasteiger partial charge in [-0.3, -0.25) is 4.79 Å². The first-order valence-corrected chi connectivity index (χ1v) is 12.3. The lowest BCUT2D eigenvalue weighted by Gasteiger charge is -2.20. The lowest BCUT2D eigenvalue weighted by Crippen LogP contribution is -2.32. The normalized spacial score (nSPS) is 15.6. The van der Waals surface area contributed by atoms with Crippen molar-refractivity contribution in [3.8, 4) is 0 Å². The van der Waals surface area contributed by atoms with Crippen LogP contribution in [-0.2, 0) is 20.6 Å². The minimum absolute atomic E-state index is 0.194. The Labute approximate surface area is 175 Å². The first-order chi connectivity index (χ1) is 13.9. The molecule has 0 aliphatic carbocycles. The van der Waals surface area contributed by atoms with Gasteiger partial charge < -0.3 is 5.32 Å². The van der Waals surface area contributed by atoms with Crippen LogP contribution in [-0.4, -0.2) is 37.5 Å². The summed E-state index contributed by atoms with van der Waals surface area (Å²) in [6, 6.07) is 12.7. The molecule has 1 saturated heterocycles. The predicted molar refractivity (Wildman–Crippen MR) is 115 cm³/mol. The fourth-order valence-electron chi connectivity index (χ4n) is 3.25. The average molecular weight is 437 g/mol. The van der Waals surface area contributed by atoms with Crippen molar-refractivity contribution >= 4 is 33.4 Å². The molecule has 0 spiro atoms. The highest BCUT2D eigenvalue weighted by Gasteiger charge is 2.25. The van der Waals surface area contributed by atoms with E-state index >= 15 is 0 Å². The van der Waals surface area contributed by atoms with Gasteiger partial charge in [0.1, 0.15) is 5.82 Å². The molecule has 3 rings (SSSR count). The van der Waals surface area contributed by atoms with Crippen LogP contribution in [0.1, 0.15) is 31.2 Å². The van der Waals surface area contributed by atoms with E-state index in [1.54, 1.807) is 24.3 Å². The quantitative estimate of drug-likeness (QED) is 0.704. The second-order valence-electron chi connectivity index (χ2n) is 7.02. The first-order valence-electron chi connectivity index (χ1n) is 9.67. The highest BCUT2D eigenvalue weighted by atomic mass is 32.2. The number of hydrogen-bond donors (Lipinski definition) is 1. The summed E-state index contributed by atoms with van der Waals surface area (Å²) in [5.41, 5.74) is 1.27. The summed E-state index contributed by atoms with van der Waals surface area (Å²) in [6.45, 7) is 1.07. The Kier molecular flexibility index (Phi) is 7.69. The van der Waals surface area contributed by atoms with Crippen LogP contribution in [0.3, 0.4) is 0 Å². The van der Waals surface area contributed by atoms with Gasteiger partial charge in [-0.1, -0.05) is 31.0 Å². The van der Waals surface area contributed by atoms with Crippen LogP contribution in [0.2, 0.25) is 0 Å². The van der Waals surface area contributed by atoms with Gasteiger partial charge in [-0.05, 0) is 48.7 Å². The van der Waals surface area contributed by atoms with Crippen molar-refractivity contribution in [2.24, 2.45) is 0 Å². The maximum Gasteiger partial charge on any atom is 0.243 e. The zero-order valence-corrected chi connectivity index (χ0v) is 17.8. The van der Waals surface area contributed by atoms with Crippen molar-refractivity contribution in [1.29, 1.82) is 0 Å². The minimum atomic E-state index is -3.56. The fourth-order valence-corrected chi connectivity index (χ4v) is 5.59. The topological polar surface area (TPSA) is 66.5 Å². The summed E-state index contributed by atoms with van der Waals surface area (Å²) < 4.78 is 40.6. The molecule has 1 N–H and O–H groups in total. The summed E-state index contributed by atoms with van der Waals surface area (Å²) in [5.74, 6) is 0.194. The molecule has 2 aromatic carbocycles. The third kappa shape index (κ3) is 6.29. The number of hydrogen-bond acceptors (Lipinski definition) is 4. The Balaban J connectivity index is 1.58. The molecule has 1 amide bonds. The smallest absolute Gasteiger partial charge is 0.243 e. The van der Waals surface area contributed by atoms with Gasteiger partial charge in [0.05, 0.1) is 10.6 Å². The molecule has 0 unspecified atom stereocenters. The number of amides is 1. The van der Waals surface area contributed by atoms with E-state index in [0.29, 0.717) is 24.5 Å². The Morgan fingerprint density at radius 2 is 1.76 bits per heavy atom. The molecule has 0 atom stereocenters. The second kappa shape index (κ2) is 10.2. The standard InChI is InChI=1S/C21H25FN2O3S2/c22-18-8-5-7-17(13-18)15-28-16-21(25)23-19-9-6-10-20(14-19)29(26,27)24-11-3-1-2-4-12-24/h5-10,13-14H,1-4,11-12,15-16H2,(H,23,25). The van der Waals surface area contributed by atoms with E-state index in [4.69, 9.17) is 0 Å². The van der Waals surface area contributed by atoms with Gasteiger partial charge in [-0.15, -0.1) is 11.8 Å². The molecule has 1 aliphatic heterocycles. The fraction of sp³-hybridized carbons (Fsp3) is 0.381. The zero-order chi connectivity index (χ0) is 20.7. The largest absolute Gasteiger partial charge is 0.325 e. The highest BCUT2D eigenvalue weighted by molar-refractivity contribution is 7.99. The van der Waals surface area contributed by atoms with Gasteiger partial charge in [-0.25, -0.2) is 12.8 Å². The van der Waals surface area contributed by atoms with Crippen molar-refractivity contribution < 1.29 is 17.6 Å². The number of rotatable bonds is 7. The minimum Gasteiger partial charge on any atom is -0.325 e. The number of sulfonamides is 1. The van der Waals surface area contributed by atoms with E-state index in [9.17, 15) is 17.6 Å². The Morgan fingerprint density at radius 3 is 2.48 bits per heavy atom. The van der Waals surface area contributed by atoms with Gasteiger partial charge in [-0.2, -0.15) is 4.31 Å². The van der Waals surface area contributed by atoms with Gasteiger partial charge >= 0.3 is 0 Å². The predicted octanol–water partition coefficient (Wildman–Crippen LogP) is 4.26. The SMILES string of the molecule is O=C(CSCc1cccc(F)c1)Nc1cccc(S(=O)(=O)N2CCCCCC2)c1. The molecule has 0 aromatic heterocycles. The van der Waals surface area contributed by atoms with Crippen LogP contribution in [0.4, 0.5) is 10.1 Å². The first kappa shape index (κ1) is 21.8. The van der Waals surface area contributed by atoms with Crippen molar-refractivity contribution in [3.05, 3.63) is 59.9 Å². The van der Waals surface area contributed by atoms with Gasteiger partial charge in [0, 0.05) is 24.5 Å². The molecule has 1 aliphatic rings. The summed E-state index contributed by atoms with van der Waals surface area (Å²) in [7, 11) is -3.56. The zero-order valence-electron chi connectivity index (χ0n) is 16.1. The van der Waals surface area contributed by atoms with Gasteiger partial charge in [0.15, 0.2) is 0 Å². The third-order valence-corrected chi connectivity index (χ3v) is 7.61. The van der Waals surface area contributed by atoms with E-state index in [0.717, 1.165) is 31.2 Å². The van der Waals surface area contributed by atoms with Crippen molar-refractivity contribution in [2.45, 2.75) is 36.3 Å². The molecule has 0 radical (unpaired) electrons. The van der Waals surface area contributed by atoms with Crippen molar-refractivity contribution in [1.82, 2.24) is 4.31 Å². The van der Waals surface area contributed by atoms with E-state index in [-0.39, 0.29) is 22.4 Å². The molecule has 0 bridgehead atoms. The van der Waals surface area contributed by atoms with Crippen LogP contribution < -0.4 is 5.32 Å². The summed E-state index contributed by atoms with van der Waals surface area (Å²) in [4.78, 5) is 12.4. The number of nitrogens with one attached hydrogen (secondary N) is 1. The maximum atomic E-state index is 13.2. The average Bonchev–Trinajstić information content (AvgIpc) is 2.98. The number of halogens is 1. The monoisotopic (exact) mass is 436 g/mol. The van der Waals surface area contributed by atoms with Crippen LogP contribution in [0.15, 0.2) is 53.4 Å². The number of carbonyl (C=O) groups is 1. The van der Waals surface area contributed by atoms with E-state index in [2.05, 4.69) is 5.32 Å². The molecular formula is C21H25FN2O3S2. The Morgan fingerprint density at radius 1 is 1.03 bits per heavy atom. The molecule has 29 heavy (non-hydrogen) atoms. The summed E-state index contributed by atoms with van der Waals surface area (Å²) in [5, 5.41) is 2.75. The molecule has 1 fully saturated rings. The molecule has 156 valence electrons. The maximum absolute atomic E-state index is 13.2. The van der Waals surface area contributed by atoms with Crippen molar-refractivity contribution in [2.75, 3.05) is 24.2 Å². The third-order valence-electron chi connectivity index (χ3n) is 4.71. The van der Waals surface area contributed by atoms with E-state index in [1.807, 2.05) is 6.07 Å². The van der Waals surface area contributed by atoms with Gasteiger partial charge in [0.25, 0.3) is 0 Å². The van der Waals surface area contributed by atoms with Crippen LogP contribution in [0, 0.1) is 5.82 Å². The van der Waals surface area contributed by atoms with Crippen molar-refractivity contribution in [3.63, 3.8) is 0 Å². The summed E-state index contributed by atoms with van der Waals surface area (Å²) in [6.07, 6.45) is 3.85. The lowest BCUT2D eigenvalue weighted by atomic mass is 10.2. The molecular weight excluding hydrogens is 411 g/mol. The van der Waals surface area contributed by atoms with E-state index in [1.165, 1.54) is 34.3 Å². The Bertz CT molecular complexity index is 942. The number of nitrogens with zero attached hydrogens (tertiary/aromatic N) is 1. The highest BCUT2D eigenvalue weighted by Crippen LogP contribution is 2.23. The van der Waals surface area contributed by atoms with Crippen LogP contribution in [0.25, 0.3) is 0 Å². The van der Waals surface area contributed by atoms with Crippen LogP contribution in [0.5, 0.6) is 0 Å². The lowest BCUT2D eigenvalue weighted by molar-refractivity contribution is -0.113. The molecule has 1 heterocycles. The number of thioether (sulfide) groups is 1. The number of benzene rings is 2. The van der Waals surface area contributed by atoms with E-state index < -0.39 is 10.0 Å². The second-order valence-corrected chi connectivity index (χ2v) is 9.94.